The lowest BCUT2D eigenvalue weighted by Gasteiger charge is -2.09. The summed E-state index contributed by atoms with van der Waals surface area (Å²) in [6.07, 6.45) is 3.31. The second-order valence-electron chi connectivity index (χ2n) is 5.88. The van der Waals surface area contributed by atoms with Gasteiger partial charge in [-0.15, -0.1) is 0 Å². The predicted octanol–water partition coefficient (Wildman–Crippen LogP) is 4.33. The van der Waals surface area contributed by atoms with Crippen molar-refractivity contribution in [2.45, 2.75) is 12.8 Å². The van der Waals surface area contributed by atoms with E-state index in [4.69, 9.17) is 0 Å². The molecule has 26 heavy (non-hydrogen) atoms. The number of benzene rings is 2. The van der Waals surface area contributed by atoms with Crippen LogP contribution in [0, 0.1) is 5.82 Å². The molecular weight excluding hydrogens is 329 g/mol. The molecule has 0 saturated heterocycles. The van der Waals surface area contributed by atoms with Crippen molar-refractivity contribution < 1.29 is 9.18 Å². The van der Waals surface area contributed by atoms with E-state index >= 15 is 0 Å². The number of aromatic nitrogens is 1. The van der Waals surface area contributed by atoms with E-state index in [0.29, 0.717) is 23.6 Å². The highest BCUT2D eigenvalue weighted by atomic mass is 19.1. The van der Waals surface area contributed by atoms with Crippen molar-refractivity contribution in [1.82, 2.24) is 10.3 Å². The Labute approximate surface area is 152 Å². The zero-order chi connectivity index (χ0) is 18.2. The summed E-state index contributed by atoms with van der Waals surface area (Å²) in [5.41, 5.74) is 2.06. The summed E-state index contributed by atoms with van der Waals surface area (Å²) >= 11 is 0. The van der Waals surface area contributed by atoms with Gasteiger partial charge in [-0.25, -0.2) is 9.37 Å². The minimum absolute atomic E-state index is 0.169. The van der Waals surface area contributed by atoms with Crippen LogP contribution in [0.5, 0.6) is 0 Å². The van der Waals surface area contributed by atoms with E-state index in [0.717, 1.165) is 12.8 Å². The van der Waals surface area contributed by atoms with Gasteiger partial charge in [-0.05, 0) is 42.7 Å². The number of carbonyl (C=O) groups is 1. The molecule has 4 nitrogen and oxygen atoms in total. The van der Waals surface area contributed by atoms with E-state index in [1.54, 1.807) is 30.3 Å². The molecule has 1 aromatic heterocycles. The van der Waals surface area contributed by atoms with Gasteiger partial charge < -0.3 is 10.6 Å². The summed E-state index contributed by atoms with van der Waals surface area (Å²) in [5.74, 6) is -0.117. The van der Waals surface area contributed by atoms with Gasteiger partial charge in [0.25, 0.3) is 5.91 Å². The van der Waals surface area contributed by atoms with E-state index in [2.05, 4.69) is 27.8 Å². The molecule has 0 aliphatic rings. The molecule has 0 bridgehead atoms. The molecule has 0 atom stereocenters. The molecule has 3 rings (SSSR count). The Balaban J connectivity index is 1.54. The van der Waals surface area contributed by atoms with Gasteiger partial charge in [0, 0.05) is 18.3 Å². The molecule has 5 heteroatoms. The normalized spacial score (nSPS) is 10.3. The van der Waals surface area contributed by atoms with Crippen LogP contribution in [0.15, 0.2) is 72.9 Å². The van der Waals surface area contributed by atoms with Crippen molar-refractivity contribution in [3.63, 3.8) is 0 Å². The van der Waals surface area contributed by atoms with E-state index in [-0.39, 0.29) is 11.7 Å². The third-order valence-corrected chi connectivity index (χ3v) is 3.93. The number of aryl methyl sites for hydroxylation is 1. The molecule has 0 fully saturated rings. The first-order chi connectivity index (χ1) is 12.7. The van der Waals surface area contributed by atoms with Gasteiger partial charge in [0.2, 0.25) is 0 Å². The Morgan fingerprint density at radius 2 is 1.77 bits per heavy atom. The van der Waals surface area contributed by atoms with E-state index in [9.17, 15) is 9.18 Å². The van der Waals surface area contributed by atoms with Crippen molar-refractivity contribution in [3.8, 4) is 0 Å². The Hall–Kier alpha value is -3.21. The van der Waals surface area contributed by atoms with Crippen LogP contribution in [0.3, 0.4) is 0 Å². The maximum atomic E-state index is 13.7. The lowest BCUT2D eigenvalue weighted by atomic mass is 10.1. The van der Waals surface area contributed by atoms with Crippen molar-refractivity contribution in [2.75, 3.05) is 11.9 Å². The van der Waals surface area contributed by atoms with Crippen LogP contribution in [-0.4, -0.2) is 17.4 Å². The van der Waals surface area contributed by atoms with Crippen LogP contribution in [0.2, 0.25) is 0 Å². The molecule has 0 radical (unpaired) electrons. The van der Waals surface area contributed by atoms with Gasteiger partial charge in [-0.1, -0.05) is 42.5 Å². The zero-order valence-corrected chi connectivity index (χ0v) is 14.3. The van der Waals surface area contributed by atoms with Gasteiger partial charge in [0.05, 0.1) is 5.69 Å². The molecule has 2 aromatic carbocycles. The van der Waals surface area contributed by atoms with Crippen molar-refractivity contribution in [2.24, 2.45) is 0 Å². The lowest BCUT2D eigenvalue weighted by Crippen LogP contribution is -2.24. The Morgan fingerprint density at radius 1 is 1.00 bits per heavy atom. The first-order valence-corrected chi connectivity index (χ1v) is 8.52. The number of hydrogen-bond donors (Lipinski definition) is 2. The first kappa shape index (κ1) is 17.6. The maximum absolute atomic E-state index is 13.7. The molecule has 1 amide bonds. The molecular formula is C21H20FN3O. The Morgan fingerprint density at radius 3 is 2.58 bits per heavy atom. The lowest BCUT2D eigenvalue weighted by molar-refractivity contribution is 0.0953. The minimum Gasteiger partial charge on any atom is -0.352 e. The molecule has 1 heterocycles. The van der Waals surface area contributed by atoms with Crippen LogP contribution >= 0.6 is 0 Å². The Kier molecular flexibility index (Phi) is 5.93. The fraction of sp³-hybridized carbons (Fsp3) is 0.143. The number of anilines is 2. The third-order valence-electron chi connectivity index (χ3n) is 3.93. The number of pyridine rings is 1. The number of para-hydroxylation sites is 1. The monoisotopic (exact) mass is 349 g/mol. The summed E-state index contributed by atoms with van der Waals surface area (Å²) in [7, 11) is 0. The standard InChI is InChI=1S/C21H20FN3O/c22-18-10-4-5-11-19(18)25-20-15-17(12-14-23-20)21(26)24-13-6-9-16-7-2-1-3-8-16/h1-5,7-8,10-12,14-15H,6,9,13H2,(H,23,25)(H,24,26). The molecule has 0 unspecified atom stereocenters. The Bertz CT molecular complexity index is 868. The van der Waals surface area contributed by atoms with Gasteiger partial charge in [-0.2, -0.15) is 0 Å². The fourth-order valence-corrected chi connectivity index (χ4v) is 2.58. The van der Waals surface area contributed by atoms with E-state index in [1.165, 1.54) is 17.8 Å². The molecule has 3 aromatic rings. The van der Waals surface area contributed by atoms with Gasteiger partial charge in [-0.3, -0.25) is 4.79 Å². The highest BCUT2D eigenvalue weighted by Gasteiger charge is 2.08. The first-order valence-electron chi connectivity index (χ1n) is 8.52. The summed E-state index contributed by atoms with van der Waals surface area (Å²) in [4.78, 5) is 16.4. The van der Waals surface area contributed by atoms with Crippen LogP contribution < -0.4 is 10.6 Å². The predicted molar refractivity (Wildman–Crippen MR) is 101 cm³/mol. The summed E-state index contributed by atoms with van der Waals surface area (Å²) in [6, 6.07) is 19.7. The summed E-state index contributed by atoms with van der Waals surface area (Å²) in [6.45, 7) is 0.589. The number of amides is 1. The number of rotatable bonds is 7. The van der Waals surface area contributed by atoms with Gasteiger partial charge in [0.1, 0.15) is 11.6 Å². The second kappa shape index (κ2) is 8.76. The minimum atomic E-state index is -0.370. The highest BCUT2D eigenvalue weighted by molar-refractivity contribution is 5.94. The quantitative estimate of drug-likeness (QED) is 0.624. The third kappa shape index (κ3) is 4.89. The summed E-state index contributed by atoms with van der Waals surface area (Å²) < 4.78 is 13.7. The smallest absolute Gasteiger partial charge is 0.251 e. The van der Waals surface area contributed by atoms with E-state index < -0.39 is 0 Å². The van der Waals surface area contributed by atoms with Crippen molar-refractivity contribution in [1.29, 1.82) is 0 Å². The number of nitrogens with zero attached hydrogens (tertiary/aromatic N) is 1. The second-order valence-corrected chi connectivity index (χ2v) is 5.88. The van der Waals surface area contributed by atoms with Crippen LogP contribution in [0.4, 0.5) is 15.9 Å². The van der Waals surface area contributed by atoms with Crippen LogP contribution in [0.25, 0.3) is 0 Å². The molecule has 0 saturated carbocycles. The molecule has 0 spiro atoms. The highest BCUT2D eigenvalue weighted by Crippen LogP contribution is 2.18. The van der Waals surface area contributed by atoms with Crippen molar-refractivity contribution in [3.05, 3.63) is 89.9 Å². The summed E-state index contributed by atoms with van der Waals surface area (Å²) in [5, 5.41) is 5.79. The molecule has 0 aliphatic carbocycles. The van der Waals surface area contributed by atoms with Gasteiger partial charge >= 0.3 is 0 Å². The van der Waals surface area contributed by atoms with E-state index in [1.807, 2.05) is 18.2 Å². The number of nitrogens with one attached hydrogen (secondary N) is 2. The average molecular weight is 349 g/mol. The molecule has 132 valence electrons. The fourth-order valence-electron chi connectivity index (χ4n) is 2.58. The maximum Gasteiger partial charge on any atom is 0.251 e. The number of hydrogen-bond acceptors (Lipinski definition) is 3. The number of halogens is 1. The zero-order valence-electron chi connectivity index (χ0n) is 14.3. The average Bonchev–Trinajstić information content (AvgIpc) is 2.68. The molecule has 0 aliphatic heterocycles. The van der Waals surface area contributed by atoms with Crippen LogP contribution in [0.1, 0.15) is 22.3 Å². The van der Waals surface area contributed by atoms with Crippen LogP contribution in [-0.2, 0) is 6.42 Å². The SMILES string of the molecule is O=C(NCCCc1ccccc1)c1ccnc(Nc2ccccc2F)c1. The largest absolute Gasteiger partial charge is 0.352 e. The topological polar surface area (TPSA) is 54.0 Å². The number of carbonyl (C=O) groups excluding carboxylic acids is 1. The van der Waals surface area contributed by atoms with Gasteiger partial charge in [0.15, 0.2) is 0 Å². The molecule has 2 N–H and O–H groups in total. The van der Waals surface area contributed by atoms with Crippen molar-refractivity contribution >= 4 is 17.4 Å².